The third kappa shape index (κ3) is 3.72. The Balaban J connectivity index is 1.62. The molecule has 27 heavy (non-hydrogen) atoms. The Labute approximate surface area is 157 Å². The number of carbonyl (C=O) groups is 3. The van der Waals surface area contributed by atoms with Crippen LogP contribution in [-0.4, -0.2) is 34.5 Å². The molecule has 1 atom stereocenters. The molecule has 1 saturated carbocycles. The van der Waals surface area contributed by atoms with Gasteiger partial charge in [0.15, 0.2) is 6.10 Å². The highest BCUT2D eigenvalue weighted by Gasteiger charge is 2.53. The number of urea groups is 1. The van der Waals surface area contributed by atoms with Crippen molar-refractivity contribution in [3.63, 3.8) is 0 Å². The number of carbonyl (C=O) groups excluding carboxylic acids is 3. The SMILES string of the molecule is CC1CCC2(CC1)NC(=O)N(NC(=O)[C@@H](C)Oc1ccc(C#N)cc1)C2=O. The van der Waals surface area contributed by atoms with Crippen molar-refractivity contribution in [2.75, 3.05) is 0 Å². The Kier molecular flexibility index (Phi) is 5.04. The molecule has 1 aromatic rings. The minimum absolute atomic E-state index is 0.409. The molecule has 0 radical (unpaired) electrons. The first-order valence-corrected chi connectivity index (χ1v) is 8.98. The number of imide groups is 1. The summed E-state index contributed by atoms with van der Waals surface area (Å²) in [6.45, 7) is 3.64. The minimum Gasteiger partial charge on any atom is -0.481 e. The number of ether oxygens (including phenoxy) is 1. The number of benzene rings is 1. The number of amides is 4. The maximum absolute atomic E-state index is 12.7. The van der Waals surface area contributed by atoms with E-state index in [1.165, 1.54) is 6.92 Å². The van der Waals surface area contributed by atoms with Gasteiger partial charge in [-0.2, -0.15) is 10.3 Å². The molecule has 0 unspecified atom stereocenters. The van der Waals surface area contributed by atoms with Crippen LogP contribution in [0, 0.1) is 17.2 Å². The van der Waals surface area contributed by atoms with Crippen LogP contribution in [0.3, 0.4) is 0 Å². The van der Waals surface area contributed by atoms with Crippen LogP contribution in [0.25, 0.3) is 0 Å². The van der Waals surface area contributed by atoms with Gasteiger partial charge >= 0.3 is 6.03 Å². The second-order valence-electron chi connectivity index (χ2n) is 7.21. The zero-order valence-corrected chi connectivity index (χ0v) is 15.3. The maximum Gasteiger partial charge on any atom is 0.344 e. The first-order valence-electron chi connectivity index (χ1n) is 8.98. The second kappa shape index (κ2) is 7.27. The van der Waals surface area contributed by atoms with Gasteiger partial charge in [0.1, 0.15) is 11.3 Å². The summed E-state index contributed by atoms with van der Waals surface area (Å²) >= 11 is 0. The average molecular weight is 370 g/mol. The highest BCUT2D eigenvalue weighted by molar-refractivity contribution is 6.08. The fraction of sp³-hybridized carbons (Fsp3) is 0.474. The summed E-state index contributed by atoms with van der Waals surface area (Å²) in [6.07, 6.45) is 1.92. The van der Waals surface area contributed by atoms with Crippen molar-refractivity contribution >= 4 is 17.8 Å². The number of hydrogen-bond donors (Lipinski definition) is 2. The molecule has 2 aliphatic rings. The summed E-state index contributed by atoms with van der Waals surface area (Å²) in [5, 5.41) is 12.3. The highest BCUT2D eigenvalue weighted by atomic mass is 16.5. The van der Waals surface area contributed by atoms with E-state index in [1.54, 1.807) is 24.3 Å². The molecule has 1 aliphatic heterocycles. The van der Waals surface area contributed by atoms with Gasteiger partial charge in [0.2, 0.25) is 0 Å². The van der Waals surface area contributed by atoms with E-state index in [4.69, 9.17) is 10.00 Å². The van der Waals surface area contributed by atoms with Crippen molar-refractivity contribution in [3.05, 3.63) is 29.8 Å². The number of hydrazine groups is 1. The normalized spacial score (nSPS) is 25.7. The van der Waals surface area contributed by atoms with Crippen LogP contribution in [-0.2, 0) is 9.59 Å². The molecule has 0 aromatic heterocycles. The van der Waals surface area contributed by atoms with Gasteiger partial charge in [-0.3, -0.25) is 15.0 Å². The van der Waals surface area contributed by atoms with Crippen molar-refractivity contribution in [1.82, 2.24) is 15.8 Å². The van der Waals surface area contributed by atoms with Crippen molar-refractivity contribution in [1.29, 1.82) is 5.26 Å². The van der Waals surface area contributed by atoms with Crippen LogP contribution in [0.5, 0.6) is 5.75 Å². The van der Waals surface area contributed by atoms with E-state index < -0.39 is 29.5 Å². The molecule has 8 nitrogen and oxygen atoms in total. The predicted octanol–water partition coefficient (Wildman–Crippen LogP) is 1.86. The third-order valence-corrected chi connectivity index (χ3v) is 5.18. The van der Waals surface area contributed by atoms with Gasteiger partial charge in [-0.1, -0.05) is 6.92 Å². The van der Waals surface area contributed by atoms with E-state index in [0.717, 1.165) is 17.9 Å². The molecule has 1 spiro atoms. The zero-order chi connectivity index (χ0) is 19.6. The second-order valence-corrected chi connectivity index (χ2v) is 7.21. The molecule has 1 aliphatic carbocycles. The van der Waals surface area contributed by atoms with Crippen molar-refractivity contribution < 1.29 is 19.1 Å². The summed E-state index contributed by atoms with van der Waals surface area (Å²) in [4.78, 5) is 37.4. The number of nitriles is 1. The van der Waals surface area contributed by atoms with Crippen LogP contribution in [0.4, 0.5) is 4.79 Å². The summed E-state index contributed by atoms with van der Waals surface area (Å²) in [5.41, 5.74) is 1.93. The lowest BCUT2D eigenvalue weighted by Gasteiger charge is -2.33. The number of nitrogens with zero attached hydrogens (tertiary/aromatic N) is 2. The molecule has 1 saturated heterocycles. The summed E-state index contributed by atoms with van der Waals surface area (Å²) in [7, 11) is 0. The molecule has 8 heteroatoms. The fourth-order valence-corrected chi connectivity index (χ4v) is 3.38. The summed E-state index contributed by atoms with van der Waals surface area (Å²) in [6, 6.07) is 7.68. The molecule has 1 aromatic carbocycles. The number of hydrogen-bond acceptors (Lipinski definition) is 5. The van der Waals surface area contributed by atoms with E-state index in [2.05, 4.69) is 17.7 Å². The Bertz CT molecular complexity index is 791. The summed E-state index contributed by atoms with van der Waals surface area (Å²) < 4.78 is 5.52. The standard InChI is InChI=1S/C19H22N4O4/c1-12-7-9-19(10-8-12)17(25)23(18(26)21-19)22-16(24)13(2)27-15-5-3-14(11-20)4-6-15/h3-6,12-13H,7-10H2,1-2H3,(H,21,26)(H,22,24)/t12?,13-,19?/m1/s1. The van der Waals surface area contributed by atoms with Crippen molar-refractivity contribution in [2.24, 2.45) is 5.92 Å². The molecular weight excluding hydrogens is 348 g/mol. The molecule has 0 bridgehead atoms. The Hall–Kier alpha value is -3.08. The lowest BCUT2D eigenvalue weighted by molar-refractivity contribution is -0.142. The van der Waals surface area contributed by atoms with Gasteiger partial charge < -0.3 is 10.1 Å². The number of rotatable bonds is 4. The first-order chi connectivity index (χ1) is 12.8. The van der Waals surface area contributed by atoms with Gasteiger partial charge in [0, 0.05) is 0 Å². The molecule has 4 amide bonds. The lowest BCUT2D eigenvalue weighted by Crippen LogP contribution is -2.53. The molecule has 2 fully saturated rings. The number of nitrogens with one attached hydrogen (secondary N) is 2. The summed E-state index contributed by atoms with van der Waals surface area (Å²) in [5.74, 6) is -0.0983. The van der Waals surface area contributed by atoms with Crippen molar-refractivity contribution in [2.45, 2.75) is 51.2 Å². The van der Waals surface area contributed by atoms with Gasteiger partial charge in [-0.05, 0) is 62.8 Å². The van der Waals surface area contributed by atoms with Crippen LogP contribution < -0.4 is 15.5 Å². The van der Waals surface area contributed by atoms with E-state index in [0.29, 0.717) is 30.1 Å². The van der Waals surface area contributed by atoms with E-state index in [1.807, 2.05) is 6.07 Å². The lowest BCUT2D eigenvalue weighted by atomic mass is 9.77. The smallest absolute Gasteiger partial charge is 0.344 e. The largest absolute Gasteiger partial charge is 0.481 e. The van der Waals surface area contributed by atoms with Crippen LogP contribution in [0.15, 0.2) is 24.3 Å². The highest BCUT2D eigenvalue weighted by Crippen LogP contribution is 2.35. The fourth-order valence-electron chi connectivity index (χ4n) is 3.38. The van der Waals surface area contributed by atoms with E-state index in [9.17, 15) is 14.4 Å². The van der Waals surface area contributed by atoms with E-state index >= 15 is 0 Å². The van der Waals surface area contributed by atoms with Crippen LogP contribution in [0.2, 0.25) is 0 Å². The first kappa shape index (κ1) is 18.7. The average Bonchev–Trinajstić information content (AvgIpc) is 2.89. The Morgan fingerprint density at radius 2 is 1.96 bits per heavy atom. The predicted molar refractivity (Wildman–Crippen MR) is 95.1 cm³/mol. The molecule has 2 N–H and O–H groups in total. The third-order valence-electron chi connectivity index (χ3n) is 5.18. The molecule has 3 rings (SSSR count). The zero-order valence-electron chi connectivity index (χ0n) is 15.3. The topological polar surface area (TPSA) is 112 Å². The van der Waals surface area contributed by atoms with Crippen LogP contribution >= 0.6 is 0 Å². The Morgan fingerprint density at radius 3 is 2.56 bits per heavy atom. The monoisotopic (exact) mass is 370 g/mol. The van der Waals surface area contributed by atoms with Crippen molar-refractivity contribution in [3.8, 4) is 11.8 Å². The molecule has 1 heterocycles. The maximum atomic E-state index is 12.7. The van der Waals surface area contributed by atoms with E-state index in [-0.39, 0.29) is 0 Å². The molecular formula is C19H22N4O4. The van der Waals surface area contributed by atoms with Gasteiger partial charge in [0.05, 0.1) is 11.6 Å². The molecule has 142 valence electrons. The quantitative estimate of drug-likeness (QED) is 0.786. The van der Waals surface area contributed by atoms with Gasteiger partial charge in [0.25, 0.3) is 11.8 Å². The van der Waals surface area contributed by atoms with Gasteiger partial charge in [-0.25, -0.2) is 4.79 Å². The Morgan fingerprint density at radius 1 is 1.33 bits per heavy atom. The van der Waals surface area contributed by atoms with Gasteiger partial charge in [-0.15, -0.1) is 0 Å². The minimum atomic E-state index is -0.929. The van der Waals surface area contributed by atoms with Crippen LogP contribution in [0.1, 0.15) is 45.1 Å².